The average Bonchev–Trinajstić information content (AvgIpc) is 3.03. The first-order valence-electron chi connectivity index (χ1n) is 7.18. The van der Waals surface area contributed by atoms with E-state index >= 15 is 0 Å². The Morgan fingerprint density at radius 2 is 2.00 bits per heavy atom. The van der Waals surface area contributed by atoms with Crippen LogP contribution in [-0.4, -0.2) is 49.5 Å². The van der Waals surface area contributed by atoms with Gasteiger partial charge in [-0.3, -0.25) is 0 Å². The fourth-order valence-corrected chi connectivity index (χ4v) is 6.42. The molecular formula is C14H17NO4S2. The number of ether oxygens (including phenoxy) is 2. The summed E-state index contributed by atoms with van der Waals surface area (Å²) in [6, 6.07) is 5.09. The van der Waals surface area contributed by atoms with Crippen LogP contribution in [0.2, 0.25) is 0 Å². The van der Waals surface area contributed by atoms with Crippen molar-refractivity contribution in [3.05, 3.63) is 18.2 Å². The fourth-order valence-electron chi connectivity index (χ4n) is 3.10. The zero-order valence-corrected chi connectivity index (χ0v) is 13.2. The normalized spacial score (nSPS) is 28.6. The van der Waals surface area contributed by atoms with Gasteiger partial charge in [0.15, 0.2) is 11.5 Å². The zero-order valence-electron chi connectivity index (χ0n) is 11.5. The standard InChI is InChI=1S/C14H17NO4S2/c16-21(17,15-8-11-6-10(15)9-20-11)12-2-3-13-14(7-12)19-5-1-4-18-13/h2-3,7,10-11H,1,4-6,8-9H2/t10-,11+/m0/s1. The third-order valence-corrected chi connectivity index (χ3v) is 7.48. The van der Waals surface area contributed by atoms with Crippen LogP contribution >= 0.6 is 11.8 Å². The molecule has 2 saturated heterocycles. The summed E-state index contributed by atoms with van der Waals surface area (Å²) < 4.78 is 38.4. The first-order valence-corrected chi connectivity index (χ1v) is 9.66. The Morgan fingerprint density at radius 1 is 1.19 bits per heavy atom. The molecule has 0 spiro atoms. The molecule has 2 fully saturated rings. The number of rotatable bonds is 2. The van der Waals surface area contributed by atoms with E-state index in [-0.39, 0.29) is 6.04 Å². The first kappa shape index (κ1) is 13.7. The van der Waals surface area contributed by atoms with Crippen LogP contribution in [-0.2, 0) is 10.0 Å². The van der Waals surface area contributed by atoms with Gasteiger partial charge in [0.25, 0.3) is 0 Å². The molecule has 3 aliphatic heterocycles. The van der Waals surface area contributed by atoms with Gasteiger partial charge in [0.2, 0.25) is 10.0 Å². The number of hydrogen-bond acceptors (Lipinski definition) is 5. The van der Waals surface area contributed by atoms with Gasteiger partial charge < -0.3 is 9.47 Å². The highest BCUT2D eigenvalue weighted by Gasteiger charge is 2.45. The summed E-state index contributed by atoms with van der Waals surface area (Å²) in [6.07, 6.45) is 1.79. The quantitative estimate of drug-likeness (QED) is 0.828. The number of hydrogen-bond donors (Lipinski definition) is 0. The second-order valence-corrected chi connectivity index (χ2v) is 8.80. The molecule has 0 unspecified atom stereocenters. The number of sulfonamides is 1. The van der Waals surface area contributed by atoms with Gasteiger partial charge in [0.1, 0.15) is 0 Å². The van der Waals surface area contributed by atoms with Gasteiger partial charge in [0, 0.05) is 36.1 Å². The summed E-state index contributed by atoms with van der Waals surface area (Å²) >= 11 is 1.88. The minimum atomic E-state index is -3.43. The average molecular weight is 327 g/mol. The van der Waals surface area contributed by atoms with E-state index < -0.39 is 10.0 Å². The molecule has 2 atom stereocenters. The maximum atomic E-state index is 12.8. The van der Waals surface area contributed by atoms with Crippen LogP contribution in [0.3, 0.4) is 0 Å². The summed E-state index contributed by atoms with van der Waals surface area (Å²) in [4.78, 5) is 0.310. The zero-order chi connectivity index (χ0) is 14.4. The molecule has 2 bridgehead atoms. The lowest BCUT2D eigenvalue weighted by molar-refractivity contribution is 0.296. The van der Waals surface area contributed by atoms with Gasteiger partial charge in [-0.1, -0.05) is 0 Å². The van der Waals surface area contributed by atoms with Crippen molar-refractivity contribution < 1.29 is 17.9 Å². The fraction of sp³-hybridized carbons (Fsp3) is 0.571. The summed E-state index contributed by atoms with van der Waals surface area (Å²) in [5.74, 6) is 2.08. The highest BCUT2D eigenvalue weighted by atomic mass is 32.2. The predicted molar refractivity (Wildman–Crippen MR) is 80.6 cm³/mol. The molecule has 3 heterocycles. The van der Waals surface area contributed by atoms with E-state index in [2.05, 4.69) is 0 Å². The predicted octanol–water partition coefficient (Wildman–Crippen LogP) is 1.73. The molecule has 21 heavy (non-hydrogen) atoms. The summed E-state index contributed by atoms with van der Waals surface area (Å²) in [5, 5.41) is 0.463. The van der Waals surface area contributed by atoms with Crippen LogP contribution in [0.1, 0.15) is 12.8 Å². The lowest BCUT2D eigenvalue weighted by atomic mass is 10.3. The molecule has 1 aromatic carbocycles. The first-order chi connectivity index (χ1) is 10.1. The second-order valence-electron chi connectivity index (χ2n) is 5.58. The largest absolute Gasteiger partial charge is 0.490 e. The molecule has 3 aliphatic rings. The third kappa shape index (κ3) is 2.31. The maximum absolute atomic E-state index is 12.8. The van der Waals surface area contributed by atoms with Crippen molar-refractivity contribution in [2.75, 3.05) is 25.5 Å². The van der Waals surface area contributed by atoms with Crippen molar-refractivity contribution in [1.29, 1.82) is 0 Å². The van der Waals surface area contributed by atoms with Gasteiger partial charge in [-0.05, 0) is 18.6 Å². The molecule has 5 nitrogen and oxygen atoms in total. The number of benzene rings is 1. The molecule has 114 valence electrons. The molecular weight excluding hydrogens is 310 g/mol. The Morgan fingerprint density at radius 3 is 2.71 bits per heavy atom. The van der Waals surface area contributed by atoms with Crippen molar-refractivity contribution in [2.24, 2.45) is 0 Å². The number of fused-ring (bicyclic) bond motifs is 3. The van der Waals surface area contributed by atoms with Gasteiger partial charge in [-0.25, -0.2) is 8.42 Å². The minimum Gasteiger partial charge on any atom is -0.490 e. The minimum absolute atomic E-state index is 0.154. The topological polar surface area (TPSA) is 55.8 Å². The summed E-state index contributed by atoms with van der Waals surface area (Å²) in [5.41, 5.74) is 0. The molecule has 0 N–H and O–H groups in total. The van der Waals surface area contributed by atoms with Crippen molar-refractivity contribution >= 4 is 21.8 Å². The van der Waals surface area contributed by atoms with Crippen LogP contribution in [0.4, 0.5) is 0 Å². The van der Waals surface area contributed by atoms with Crippen molar-refractivity contribution in [3.63, 3.8) is 0 Å². The summed E-state index contributed by atoms with van der Waals surface area (Å²) in [6.45, 7) is 1.79. The van der Waals surface area contributed by atoms with Crippen LogP contribution in [0, 0.1) is 0 Å². The SMILES string of the molecule is O=S(=O)(c1ccc2c(c1)OCCCO2)N1C[C@H]2C[C@H]1CS2. The van der Waals surface area contributed by atoms with E-state index in [0.717, 1.165) is 18.6 Å². The van der Waals surface area contributed by atoms with Crippen LogP contribution in [0.5, 0.6) is 11.5 Å². The van der Waals surface area contributed by atoms with E-state index in [1.54, 1.807) is 22.5 Å². The highest BCUT2D eigenvalue weighted by molar-refractivity contribution is 8.00. The Bertz CT molecular complexity index is 661. The maximum Gasteiger partial charge on any atom is 0.243 e. The van der Waals surface area contributed by atoms with Crippen molar-refractivity contribution in [1.82, 2.24) is 4.31 Å². The molecule has 1 aromatic rings. The lowest BCUT2D eigenvalue weighted by Crippen LogP contribution is -2.39. The van der Waals surface area contributed by atoms with E-state index in [1.165, 1.54) is 0 Å². The molecule has 0 aromatic heterocycles. The molecule has 7 heteroatoms. The van der Waals surface area contributed by atoms with Crippen LogP contribution < -0.4 is 9.47 Å². The number of thioether (sulfide) groups is 1. The lowest BCUT2D eigenvalue weighted by Gasteiger charge is -2.26. The Balaban J connectivity index is 1.68. The molecule has 0 aliphatic carbocycles. The summed E-state index contributed by atoms with van der Waals surface area (Å²) in [7, 11) is -3.43. The molecule has 0 radical (unpaired) electrons. The van der Waals surface area contributed by atoms with Crippen molar-refractivity contribution in [3.8, 4) is 11.5 Å². The van der Waals surface area contributed by atoms with Crippen LogP contribution in [0.15, 0.2) is 23.1 Å². The Labute approximate surface area is 128 Å². The smallest absolute Gasteiger partial charge is 0.243 e. The van der Waals surface area contributed by atoms with E-state index in [9.17, 15) is 8.42 Å². The van der Waals surface area contributed by atoms with Crippen molar-refractivity contribution in [2.45, 2.75) is 29.0 Å². The Kier molecular flexibility index (Phi) is 3.31. The Hall–Kier alpha value is -0.920. The van der Waals surface area contributed by atoms with Gasteiger partial charge >= 0.3 is 0 Å². The second kappa shape index (κ2) is 5.07. The third-order valence-electron chi connectivity index (χ3n) is 4.18. The van der Waals surface area contributed by atoms with E-state index in [4.69, 9.17) is 9.47 Å². The van der Waals surface area contributed by atoms with Gasteiger partial charge in [0.05, 0.1) is 18.1 Å². The molecule has 4 rings (SSSR count). The van der Waals surface area contributed by atoms with Crippen LogP contribution in [0.25, 0.3) is 0 Å². The molecule has 0 saturated carbocycles. The number of nitrogens with zero attached hydrogens (tertiary/aromatic N) is 1. The van der Waals surface area contributed by atoms with E-state index in [1.807, 2.05) is 11.8 Å². The highest BCUT2D eigenvalue weighted by Crippen LogP contribution is 2.41. The van der Waals surface area contributed by atoms with E-state index in [0.29, 0.717) is 41.4 Å². The monoisotopic (exact) mass is 327 g/mol. The van der Waals surface area contributed by atoms with Gasteiger partial charge in [-0.15, -0.1) is 0 Å². The molecule has 0 amide bonds. The van der Waals surface area contributed by atoms with Gasteiger partial charge in [-0.2, -0.15) is 16.1 Å².